The van der Waals surface area contributed by atoms with Gasteiger partial charge in [-0.25, -0.2) is 9.67 Å². The normalized spacial score (nSPS) is 14.3. The Morgan fingerprint density at radius 1 is 1.30 bits per heavy atom. The maximum atomic E-state index is 12.2. The van der Waals surface area contributed by atoms with Gasteiger partial charge in [-0.1, -0.05) is 0 Å². The Morgan fingerprint density at radius 3 is 2.74 bits per heavy atom. The van der Waals surface area contributed by atoms with Crippen LogP contribution in [0, 0.1) is 13.8 Å². The Labute approximate surface area is 134 Å². The maximum absolute atomic E-state index is 12.2. The molecule has 0 aromatic carbocycles. The molecule has 0 spiro atoms. The lowest BCUT2D eigenvalue weighted by Crippen LogP contribution is -2.29. The molecule has 4 rings (SSSR count). The Kier molecular flexibility index (Phi) is 3.18. The lowest BCUT2D eigenvalue weighted by molar-refractivity contribution is -0.121. The first-order chi connectivity index (χ1) is 11.1. The smallest absolute Gasteiger partial charge is 0.242 e. The number of fused-ring (bicyclic) bond motifs is 1. The van der Waals surface area contributed by atoms with Crippen molar-refractivity contribution < 1.29 is 4.79 Å². The monoisotopic (exact) mass is 309 g/mol. The van der Waals surface area contributed by atoms with Crippen molar-refractivity contribution >= 4 is 16.9 Å². The zero-order chi connectivity index (χ0) is 16.0. The molecule has 3 aromatic heterocycles. The lowest BCUT2D eigenvalue weighted by Gasteiger charge is -2.05. The van der Waals surface area contributed by atoms with Crippen molar-refractivity contribution in [2.45, 2.75) is 39.3 Å². The first kappa shape index (κ1) is 14.0. The average Bonchev–Trinajstić information content (AvgIpc) is 3.00. The van der Waals surface area contributed by atoms with Gasteiger partial charge in [0.1, 0.15) is 6.54 Å². The standard InChI is InChI=1S/C17H19N5O/c1-11-9-12(2)18-16-15(11)17(21-7-3-4-8-21)20-22(16)10-14(23)19-13-5-6-13/h3-4,7-9,13H,5-6,10H2,1-2H3,(H,19,23). The molecule has 0 saturated heterocycles. The molecule has 1 amide bonds. The predicted molar refractivity (Wildman–Crippen MR) is 87.5 cm³/mol. The van der Waals surface area contributed by atoms with Crippen LogP contribution in [-0.4, -0.2) is 31.3 Å². The number of carbonyl (C=O) groups is 1. The molecule has 6 nitrogen and oxygen atoms in total. The van der Waals surface area contributed by atoms with E-state index in [4.69, 9.17) is 0 Å². The van der Waals surface area contributed by atoms with Gasteiger partial charge in [-0.05, 0) is 50.5 Å². The van der Waals surface area contributed by atoms with Crippen LogP contribution in [0.25, 0.3) is 16.9 Å². The minimum atomic E-state index is -0.00286. The molecule has 118 valence electrons. The van der Waals surface area contributed by atoms with Crippen LogP contribution in [0.1, 0.15) is 24.1 Å². The van der Waals surface area contributed by atoms with E-state index in [1.807, 2.05) is 42.1 Å². The third-order valence-electron chi connectivity index (χ3n) is 4.09. The molecule has 1 fully saturated rings. The van der Waals surface area contributed by atoms with Crippen LogP contribution in [0.2, 0.25) is 0 Å². The minimum Gasteiger partial charge on any atom is -0.352 e. The van der Waals surface area contributed by atoms with Crippen molar-refractivity contribution in [3.63, 3.8) is 0 Å². The van der Waals surface area contributed by atoms with Crippen molar-refractivity contribution in [2.75, 3.05) is 0 Å². The quantitative estimate of drug-likeness (QED) is 0.803. The van der Waals surface area contributed by atoms with Gasteiger partial charge in [0.05, 0.1) is 5.39 Å². The fraction of sp³-hybridized carbons (Fsp3) is 0.353. The predicted octanol–water partition coefficient (Wildman–Crippen LogP) is 2.12. The molecule has 3 aromatic rings. The number of rotatable bonds is 4. The Balaban J connectivity index is 1.81. The van der Waals surface area contributed by atoms with E-state index >= 15 is 0 Å². The number of nitrogens with zero attached hydrogens (tertiary/aromatic N) is 4. The van der Waals surface area contributed by atoms with Crippen LogP contribution in [-0.2, 0) is 11.3 Å². The van der Waals surface area contributed by atoms with Gasteiger partial charge in [-0.15, -0.1) is 0 Å². The van der Waals surface area contributed by atoms with E-state index in [2.05, 4.69) is 22.3 Å². The summed E-state index contributed by atoms with van der Waals surface area (Å²) in [5.74, 6) is 0.811. The largest absolute Gasteiger partial charge is 0.352 e. The third-order valence-corrected chi connectivity index (χ3v) is 4.09. The van der Waals surface area contributed by atoms with Crippen molar-refractivity contribution in [1.29, 1.82) is 0 Å². The molecule has 0 radical (unpaired) electrons. The highest BCUT2D eigenvalue weighted by Crippen LogP contribution is 2.25. The van der Waals surface area contributed by atoms with Crippen LogP contribution in [0.3, 0.4) is 0 Å². The second kappa shape index (κ2) is 5.22. The Morgan fingerprint density at radius 2 is 2.04 bits per heavy atom. The Hall–Kier alpha value is -2.63. The van der Waals surface area contributed by atoms with E-state index in [1.165, 1.54) is 0 Å². The van der Waals surface area contributed by atoms with Gasteiger partial charge in [0.25, 0.3) is 0 Å². The number of amides is 1. The van der Waals surface area contributed by atoms with Gasteiger partial charge >= 0.3 is 0 Å². The molecule has 0 aliphatic heterocycles. The summed E-state index contributed by atoms with van der Waals surface area (Å²) in [5, 5.41) is 8.66. The van der Waals surface area contributed by atoms with Crippen LogP contribution >= 0.6 is 0 Å². The molecule has 0 unspecified atom stereocenters. The molecular weight excluding hydrogens is 290 g/mol. The molecule has 1 saturated carbocycles. The van der Waals surface area contributed by atoms with Gasteiger partial charge in [0, 0.05) is 24.1 Å². The Bertz CT molecular complexity index is 874. The number of aryl methyl sites for hydroxylation is 2. The zero-order valence-corrected chi connectivity index (χ0v) is 13.3. The van der Waals surface area contributed by atoms with Crippen LogP contribution in [0.4, 0.5) is 0 Å². The maximum Gasteiger partial charge on any atom is 0.242 e. The summed E-state index contributed by atoms with van der Waals surface area (Å²) in [4.78, 5) is 16.8. The molecule has 3 heterocycles. The van der Waals surface area contributed by atoms with E-state index in [0.29, 0.717) is 6.04 Å². The highest BCUT2D eigenvalue weighted by molar-refractivity contribution is 5.88. The second-order valence-corrected chi connectivity index (χ2v) is 6.19. The fourth-order valence-corrected chi connectivity index (χ4v) is 2.90. The van der Waals surface area contributed by atoms with E-state index in [-0.39, 0.29) is 12.5 Å². The zero-order valence-electron chi connectivity index (χ0n) is 13.3. The number of hydrogen-bond donors (Lipinski definition) is 1. The molecular formula is C17H19N5O. The first-order valence-corrected chi connectivity index (χ1v) is 7.89. The average molecular weight is 309 g/mol. The fourth-order valence-electron chi connectivity index (χ4n) is 2.90. The van der Waals surface area contributed by atoms with Gasteiger partial charge in [-0.3, -0.25) is 4.79 Å². The molecule has 0 atom stereocenters. The molecule has 6 heteroatoms. The van der Waals surface area contributed by atoms with E-state index in [0.717, 1.165) is 41.0 Å². The third kappa shape index (κ3) is 2.60. The minimum absolute atomic E-state index is 0.00286. The van der Waals surface area contributed by atoms with E-state index in [1.54, 1.807) is 4.68 Å². The molecule has 1 aliphatic carbocycles. The topological polar surface area (TPSA) is 64.7 Å². The molecule has 1 N–H and O–H groups in total. The van der Waals surface area contributed by atoms with Crippen molar-refractivity contribution in [2.24, 2.45) is 0 Å². The van der Waals surface area contributed by atoms with Gasteiger partial charge in [0.15, 0.2) is 11.5 Å². The SMILES string of the molecule is Cc1cc(C)c2c(-n3cccc3)nn(CC(=O)NC3CC3)c2n1. The lowest BCUT2D eigenvalue weighted by atomic mass is 10.2. The van der Waals surface area contributed by atoms with Gasteiger partial charge in [0.2, 0.25) is 5.91 Å². The highest BCUT2D eigenvalue weighted by Gasteiger charge is 2.24. The molecule has 23 heavy (non-hydrogen) atoms. The summed E-state index contributed by atoms with van der Waals surface area (Å²) >= 11 is 0. The molecule has 0 bridgehead atoms. The summed E-state index contributed by atoms with van der Waals surface area (Å²) < 4.78 is 3.67. The summed E-state index contributed by atoms with van der Waals surface area (Å²) in [6, 6.07) is 6.32. The second-order valence-electron chi connectivity index (χ2n) is 6.19. The van der Waals surface area contributed by atoms with E-state index in [9.17, 15) is 4.79 Å². The van der Waals surface area contributed by atoms with Gasteiger partial charge in [-0.2, -0.15) is 5.10 Å². The summed E-state index contributed by atoms with van der Waals surface area (Å²) in [5.41, 5.74) is 2.81. The van der Waals surface area contributed by atoms with E-state index < -0.39 is 0 Å². The highest BCUT2D eigenvalue weighted by atomic mass is 16.2. The number of pyridine rings is 1. The summed E-state index contributed by atoms with van der Waals surface area (Å²) in [6.07, 6.45) is 6.07. The number of nitrogens with one attached hydrogen (secondary N) is 1. The molecule has 1 aliphatic rings. The van der Waals surface area contributed by atoms with Crippen LogP contribution in [0.5, 0.6) is 0 Å². The van der Waals surface area contributed by atoms with Crippen LogP contribution in [0.15, 0.2) is 30.6 Å². The van der Waals surface area contributed by atoms with Crippen molar-refractivity contribution in [3.8, 4) is 5.82 Å². The van der Waals surface area contributed by atoms with Crippen molar-refractivity contribution in [3.05, 3.63) is 41.9 Å². The first-order valence-electron chi connectivity index (χ1n) is 7.89. The number of hydrogen-bond acceptors (Lipinski definition) is 3. The van der Waals surface area contributed by atoms with Crippen LogP contribution < -0.4 is 5.32 Å². The summed E-state index contributed by atoms with van der Waals surface area (Å²) in [6.45, 7) is 4.22. The van der Waals surface area contributed by atoms with Crippen molar-refractivity contribution in [1.82, 2.24) is 24.6 Å². The van der Waals surface area contributed by atoms with Gasteiger partial charge < -0.3 is 9.88 Å². The number of carbonyl (C=O) groups excluding carboxylic acids is 1. The number of aromatic nitrogens is 4. The summed E-state index contributed by atoms with van der Waals surface area (Å²) in [7, 11) is 0.